The van der Waals surface area contributed by atoms with Gasteiger partial charge in [0, 0.05) is 29.4 Å². The smallest absolute Gasteiger partial charge is 0.369 e. The molecule has 5 rings (SSSR count). The van der Waals surface area contributed by atoms with E-state index in [0.717, 1.165) is 36.8 Å². The van der Waals surface area contributed by atoms with Gasteiger partial charge in [-0.3, -0.25) is 14.4 Å². The van der Waals surface area contributed by atoms with Gasteiger partial charge in [-0.25, -0.2) is 4.99 Å². The minimum Gasteiger partial charge on any atom is -0.369 e. The molecule has 0 spiro atoms. The number of fused-ring (bicyclic) bond motifs is 1. The Morgan fingerprint density at radius 3 is 2.36 bits per heavy atom. The number of rotatable bonds is 10. The molecule has 2 aromatic rings. The Morgan fingerprint density at radius 2 is 1.74 bits per heavy atom. The number of benzodiazepines with no additional fused rings is 1. The molecule has 3 amide bonds. The highest BCUT2D eigenvalue weighted by Gasteiger charge is 2.41. The second kappa shape index (κ2) is 10.8. The third kappa shape index (κ3) is 6.49. The summed E-state index contributed by atoms with van der Waals surface area (Å²) < 4.78 is 39.5. The Kier molecular flexibility index (Phi) is 7.46. The van der Waals surface area contributed by atoms with E-state index in [2.05, 4.69) is 15.6 Å². The van der Waals surface area contributed by atoms with E-state index in [0.29, 0.717) is 22.9 Å². The van der Waals surface area contributed by atoms with Crippen LogP contribution in [0.25, 0.3) is 0 Å². The van der Waals surface area contributed by atoms with Crippen molar-refractivity contribution in [3.05, 3.63) is 65.2 Å². The zero-order chi connectivity index (χ0) is 27.7. The minimum absolute atomic E-state index is 0.155. The van der Waals surface area contributed by atoms with Crippen LogP contribution in [0, 0.1) is 17.8 Å². The summed E-state index contributed by atoms with van der Waals surface area (Å²) in [5, 5.41) is 5.48. The number of hydrogen-bond donors (Lipinski definition) is 3. The largest absolute Gasteiger partial charge is 0.389 e. The lowest BCUT2D eigenvalue weighted by Gasteiger charge is -2.26. The number of aliphatic imine (C=N–C) groups is 1. The van der Waals surface area contributed by atoms with Gasteiger partial charge in [0.15, 0.2) is 0 Å². The summed E-state index contributed by atoms with van der Waals surface area (Å²) in [5.74, 6) is -4.18. The summed E-state index contributed by atoms with van der Waals surface area (Å²) in [7, 11) is 0. The maximum Gasteiger partial charge on any atom is 0.389 e. The molecule has 3 unspecified atom stereocenters. The minimum atomic E-state index is -4.51. The molecule has 0 saturated heterocycles. The van der Waals surface area contributed by atoms with Gasteiger partial charge in [0.2, 0.25) is 18.0 Å². The monoisotopic (exact) mass is 540 g/mol. The van der Waals surface area contributed by atoms with Gasteiger partial charge in [-0.2, -0.15) is 13.2 Å². The number of nitrogens with one attached hydrogen (secondary N) is 2. The Balaban J connectivity index is 1.48. The van der Waals surface area contributed by atoms with Gasteiger partial charge >= 0.3 is 6.18 Å². The van der Waals surface area contributed by atoms with Crippen LogP contribution < -0.4 is 16.4 Å². The highest BCUT2D eigenvalue weighted by molar-refractivity contribution is 6.20. The molecule has 10 heteroatoms. The van der Waals surface area contributed by atoms with Crippen molar-refractivity contribution in [3.8, 4) is 0 Å². The highest BCUT2D eigenvalue weighted by atomic mass is 19.4. The summed E-state index contributed by atoms with van der Waals surface area (Å²) in [6, 6.07) is 14.9. The van der Waals surface area contributed by atoms with Gasteiger partial charge in [-0.15, -0.1) is 0 Å². The summed E-state index contributed by atoms with van der Waals surface area (Å²) in [6.45, 7) is 0. The van der Waals surface area contributed by atoms with Crippen molar-refractivity contribution in [2.24, 2.45) is 28.5 Å². The Morgan fingerprint density at radius 1 is 1.03 bits per heavy atom. The van der Waals surface area contributed by atoms with Gasteiger partial charge in [-0.05, 0) is 43.1 Å². The van der Waals surface area contributed by atoms with Crippen LogP contribution in [-0.2, 0) is 14.4 Å². The van der Waals surface area contributed by atoms with Crippen molar-refractivity contribution in [3.63, 3.8) is 0 Å². The van der Waals surface area contributed by atoms with E-state index in [1.807, 2.05) is 48.5 Å². The third-order valence-corrected chi connectivity index (χ3v) is 7.66. The average molecular weight is 541 g/mol. The summed E-state index contributed by atoms with van der Waals surface area (Å²) in [4.78, 5) is 43.8. The number of carbonyl (C=O) groups is 3. The van der Waals surface area contributed by atoms with Gasteiger partial charge < -0.3 is 16.4 Å². The van der Waals surface area contributed by atoms with E-state index in [9.17, 15) is 27.6 Å². The SMILES string of the molecule is NC(=O)C(CC1CC1)C(CCC(F)(F)F)C(=O)NC1N=C(c2ccccc2)c2cccc(C3CC3)c2NC1=O. The molecule has 2 saturated carbocycles. The van der Waals surface area contributed by atoms with Crippen molar-refractivity contribution >= 4 is 29.1 Å². The molecule has 1 heterocycles. The Labute approximate surface area is 224 Å². The van der Waals surface area contributed by atoms with Crippen molar-refractivity contribution in [1.29, 1.82) is 0 Å². The zero-order valence-electron chi connectivity index (χ0n) is 21.3. The molecule has 3 aliphatic rings. The number of para-hydroxylation sites is 1. The topological polar surface area (TPSA) is 114 Å². The fourth-order valence-corrected chi connectivity index (χ4v) is 5.28. The summed E-state index contributed by atoms with van der Waals surface area (Å²) >= 11 is 0. The molecule has 7 nitrogen and oxygen atoms in total. The van der Waals surface area contributed by atoms with Crippen molar-refractivity contribution in [1.82, 2.24) is 5.32 Å². The van der Waals surface area contributed by atoms with Crippen LogP contribution in [0.5, 0.6) is 0 Å². The number of primary amides is 1. The molecule has 0 radical (unpaired) electrons. The molecule has 206 valence electrons. The van der Waals surface area contributed by atoms with Crippen LogP contribution in [0.2, 0.25) is 0 Å². The third-order valence-electron chi connectivity index (χ3n) is 7.66. The lowest BCUT2D eigenvalue weighted by atomic mass is 9.83. The van der Waals surface area contributed by atoms with Gasteiger partial charge in [0.05, 0.1) is 11.4 Å². The Bertz CT molecular complexity index is 1290. The molecule has 2 aliphatic carbocycles. The predicted molar refractivity (Wildman–Crippen MR) is 140 cm³/mol. The number of nitrogens with zero attached hydrogens (tertiary/aromatic N) is 1. The number of hydrogen-bond acceptors (Lipinski definition) is 4. The number of halogens is 3. The number of carbonyl (C=O) groups excluding carboxylic acids is 3. The first-order valence-corrected chi connectivity index (χ1v) is 13.3. The van der Waals surface area contributed by atoms with Gasteiger partial charge in [0.25, 0.3) is 5.91 Å². The number of anilines is 1. The van der Waals surface area contributed by atoms with Crippen LogP contribution in [-0.4, -0.2) is 35.8 Å². The number of amides is 3. The first kappa shape index (κ1) is 26.9. The number of alkyl halides is 3. The molecular weight excluding hydrogens is 509 g/mol. The first-order chi connectivity index (χ1) is 18.6. The van der Waals surface area contributed by atoms with Gasteiger partial charge in [0.1, 0.15) is 0 Å². The molecule has 3 atom stereocenters. The molecule has 4 N–H and O–H groups in total. The van der Waals surface area contributed by atoms with Crippen LogP contribution in [0.15, 0.2) is 53.5 Å². The second-order valence-corrected chi connectivity index (χ2v) is 10.7. The van der Waals surface area contributed by atoms with E-state index in [-0.39, 0.29) is 12.3 Å². The average Bonchev–Trinajstić information content (AvgIpc) is 3.80. The molecule has 0 bridgehead atoms. The van der Waals surface area contributed by atoms with E-state index >= 15 is 0 Å². The summed E-state index contributed by atoms with van der Waals surface area (Å²) in [6.07, 6.45) is -3.84. The zero-order valence-corrected chi connectivity index (χ0v) is 21.3. The molecular formula is C29H31F3N4O3. The van der Waals surface area contributed by atoms with E-state index in [1.54, 1.807) is 0 Å². The molecule has 2 aromatic carbocycles. The molecule has 39 heavy (non-hydrogen) atoms. The van der Waals surface area contributed by atoms with Crippen molar-refractivity contribution in [2.45, 2.75) is 63.2 Å². The van der Waals surface area contributed by atoms with Crippen LogP contribution in [0.3, 0.4) is 0 Å². The first-order valence-electron chi connectivity index (χ1n) is 13.3. The maximum atomic E-state index is 13.5. The van der Waals surface area contributed by atoms with E-state index in [4.69, 9.17) is 5.73 Å². The van der Waals surface area contributed by atoms with E-state index in [1.165, 1.54) is 0 Å². The van der Waals surface area contributed by atoms with Crippen molar-refractivity contribution < 1.29 is 27.6 Å². The maximum absolute atomic E-state index is 13.5. The molecule has 0 aromatic heterocycles. The van der Waals surface area contributed by atoms with Crippen LogP contribution >= 0.6 is 0 Å². The number of benzene rings is 2. The number of nitrogens with two attached hydrogens (primary N) is 1. The van der Waals surface area contributed by atoms with Crippen molar-refractivity contribution in [2.75, 3.05) is 5.32 Å². The highest BCUT2D eigenvalue weighted by Crippen LogP contribution is 2.45. The van der Waals surface area contributed by atoms with Crippen LogP contribution in [0.1, 0.15) is 67.6 Å². The lowest BCUT2D eigenvalue weighted by molar-refractivity contribution is -0.146. The fraction of sp³-hybridized carbons (Fsp3) is 0.448. The second-order valence-electron chi connectivity index (χ2n) is 10.7. The molecule has 1 aliphatic heterocycles. The normalized spacial score (nSPS) is 20.6. The lowest BCUT2D eigenvalue weighted by Crippen LogP contribution is -2.48. The van der Waals surface area contributed by atoms with Gasteiger partial charge in [-0.1, -0.05) is 61.4 Å². The quantitative estimate of drug-likeness (QED) is 0.407. The molecule has 2 fully saturated rings. The fourth-order valence-electron chi connectivity index (χ4n) is 5.28. The Hall–Kier alpha value is -3.69. The standard InChI is InChI=1S/C29H31F3N4O3/c30-29(31,32)14-13-20(22(25(33)37)15-16-9-10-16)27(38)36-26-28(39)35-24-19(17-11-12-17)7-4-8-21(24)23(34-26)18-5-2-1-3-6-18/h1-8,16-17,20,22,26H,9-15H2,(H2,33,37)(H,35,39)(H,36,38). The summed E-state index contributed by atoms with van der Waals surface area (Å²) in [5.41, 5.74) is 9.09. The predicted octanol–water partition coefficient (Wildman–Crippen LogP) is 4.66. The van der Waals surface area contributed by atoms with Crippen LogP contribution in [0.4, 0.5) is 18.9 Å². The van der Waals surface area contributed by atoms with E-state index < -0.39 is 54.7 Å².